The first-order valence-corrected chi connectivity index (χ1v) is 14.0. The highest BCUT2D eigenvalue weighted by molar-refractivity contribution is 5.96. The summed E-state index contributed by atoms with van der Waals surface area (Å²) in [7, 11) is 4.54. The van der Waals surface area contributed by atoms with Gasteiger partial charge >= 0.3 is 0 Å². The fourth-order valence-electron chi connectivity index (χ4n) is 5.59. The quantitative estimate of drug-likeness (QED) is 0.271. The smallest absolute Gasteiger partial charge is 0.249 e. The molecular weight excluding hydrogens is 560 g/mol. The van der Waals surface area contributed by atoms with Crippen LogP contribution in [0.4, 0.5) is 0 Å². The number of carbonyl (C=O) groups excluding carboxylic acids is 3. The van der Waals surface area contributed by atoms with Gasteiger partial charge in [-0.25, -0.2) is 0 Å². The van der Waals surface area contributed by atoms with Gasteiger partial charge in [-0.2, -0.15) is 0 Å². The van der Waals surface area contributed by atoms with Crippen LogP contribution in [0.5, 0.6) is 23.0 Å². The van der Waals surface area contributed by atoms with Crippen LogP contribution >= 0.6 is 0 Å². The van der Waals surface area contributed by atoms with Crippen LogP contribution in [0.25, 0.3) is 0 Å². The molecule has 0 bridgehead atoms. The Morgan fingerprint density at radius 3 is 2.51 bits per heavy atom. The standard InChI is InChI=1S/C31H38N2O10/c1-5-42-17-26(36)33(10-8-19-14-20(39-2)6-7-24(19)40-3)23-15-22(31(38)32-9-11-34)27-21-12-18(16-35)13-25(41-4)29(21)43-30(27)28(23)37/h6-7,12-16,23,27-28,30,34,37H,5,8-11,17H2,1-4H3,(H,32,38)/t23-,27+,28+,30+/m1/s1. The van der Waals surface area contributed by atoms with Crippen LogP contribution in [0.1, 0.15) is 34.3 Å². The van der Waals surface area contributed by atoms with E-state index in [1.54, 1.807) is 45.4 Å². The zero-order chi connectivity index (χ0) is 31.1. The van der Waals surface area contributed by atoms with E-state index in [0.29, 0.717) is 47.7 Å². The number of hydrogen-bond donors (Lipinski definition) is 3. The molecule has 232 valence electrons. The molecule has 0 aromatic heterocycles. The number of nitrogens with zero attached hydrogens (tertiary/aromatic N) is 1. The van der Waals surface area contributed by atoms with E-state index in [4.69, 9.17) is 23.7 Å². The molecule has 2 aliphatic rings. The van der Waals surface area contributed by atoms with Gasteiger partial charge in [0.1, 0.15) is 36.6 Å². The van der Waals surface area contributed by atoms with E-state index in [1.165, 1.54) is 18.1 Å². The predicted molar refractivity (Wildman–Crippen MR) is 155 cm³/mol. The van der Waals surface area contributed by atoms with Gasteiger partial charge in [-0.15, -0.1) is 0 Å². The molecule has 0 saturated carbocycles. The lowest BCUT2D eigenvalue weighted by atomic mass is 9.77. The molecule has 1 aliphatic heterocycles. The van der Waals surface area contributed by atoms with Gasteiger partial charge in [-0.1, -0.05) is 0 Å². The van der Waals surface area contributed by atoms with E-state index in [0.717, 1.165) is 5.56 Å². The zero-order valence-corrected chi connectivity index (χ0v) is 24.7. The highest BCUT2D eigenvalue weighted by Crippen LogP contribution is 2.51. The van der Waals surface area contributed by atoms with Gasteiger partial charge in [0.05, 0.1) is 39.9 Å². The van der Waals surface area contributed by atoms with E-state index < -0.39 is 36.0 Å². The van der Waals surface area contributed by atoms with Gasteiger partial charge in [0.25, 0.3) is 0 Å². The molecule has 4 atom stereocenters. The van der Waals surface area contributed by atoms with Gasteiger partial charge < -0.3 is 44.1 Å². The van der Waals surface area contributed by atoms with Crippen LogP contribution in [0.15, 0.2) is 42.0 Å². The number of ether oxygens (including phenoxy) is 5. The summed E-state index contributed by atoms with van der Waals surface area (Å²) in [5, 5.41) is 23.8. The molecule has 0 unspecified atom stereocenters. The number of hydrogen-bond acceptors (Lipinski definition) is 10. The number of rotatable bonds is 14. The number of methoxy groups -OCH3 is 3. The summed E-state index contributed by atoms with van der Waals surface area (Å²) in [6.07, 6.45) is 0.309. The molecule has 0 saturated heterocycles. The van der Waals surface area contributed by atoms with Crippen molar-refractivity contribution in [2.45, 2.75) is 37.5 Å². The molecule has 0 fully saturated rings. The van der Waals surface area contributed by atoms with Crippen LogP contribution in [0.2, 0.25) is 0 Å². The van der Waals surface area contributed by atoms with Crippen molar-refractivity contribution in [2.24, 2.45) is 0 Å². The van der Waals surface area contributed by atoms with E-state index in [-0.39, 0.29) is 37.6 Å². The minimum atomic E-state index is -1.27. The third-order valence-corrected chi connectivity index (χ3v) is 7.63. The Labute approximate surface area is 250 Å². The molecule has 12 nitrogen and oxygen atoms in total. The summed E-state index contributed by atoms with van der Waals surface area (Å²) >= 11 is 0. The topological polar surface area (TPSA) is 153 Å². The average molecular weight is 599 g/mol. The Balaban J connectivity index is 1.77. The number of fused-ring (bicyclic) bond motifs is 3. The average Bonchev–Trinajstić information content (AvgIpc) is 3.42. The first-order chi connectivity index (χ1) is 20.8. The fraction of sp³-hybridized carbons (Fsp3) is 0.452. The Morgan fingerprint density at radius 2 is 1.86 bits per heavy atom. The summed E-state index contributed by atoms with van der Waals surface area (Å²) in [5.74, 6) is 0.144. The third kappa shape index (κ3) is 6.61. The molecule has 0 spiro atoms. The Hall–Kier alpha value is -4.13. The highest BCUT2D eigenvalue weighted by atomic mass is 16.5. The van der Waals surface area contributed by atoms with Crippen molar-refractivity contribution >= 4 is 18.1 Å². The number of aldehydes is 1. The molecule has 12 heteroatoms. The second kappa shape index (κ2) is 14.4. The predicted octanol–water partition coefficient (Wildman–Crippen LogP) is 1.26. The molecule has 0 radical (unpaired) electrons. The lowest BCUT2D eigenvalue weighted by Crippen LogP contribution is -2.56. The van der Waals surface area contributed by atoms with Crippen molar-refractivity contribution in [1.29, 1.82) is 0 Å². The molecule has 43 heavy (non-hydrogen) atoms. The van der Waals surface area contributed by atoms with E-state index in [2.05, 4.69) is 5.32 Å². The van der Waals surface area contributed by atoms with E-state index >= 15 is 0 Å². The monoisotopic (exact) mass is 598 g/mol. The first kappa shape index (κ1) is 31.8. The van der Waals surface area contributed by atoms with Gasteiger partial charge in [0, 0.05) is 36.4 Å². The minimum absolute atomic E-state index is 0.00515. The lowest BCUT2D eigenvalue weighted by Gasteiger charge is -2.40. The summed E-state index contributed by atoms with van der Waals surface area (Å²) in [6.45, 7) is 1.70. The fourth-order valence-corrected chi connectivity index (χ4v) is 5.59. The Morgan fingerprint density at radius 1 is 1.09 bits per heavy atom. The third-order valence-electron chi connectivity index (χ3n) is 7.63. The number of nitrogens with one attached hydrogen (secondary N) is 1. The summed E-state index contributed by atoms with van der Waals surface area (Å²) in [6, 6.07) is 7.49. The van der Waals surface area contributed by atoms with Crippen molar-refractivity contribution in [2.75, 3.05) is 54.2 Å². The molecule has 1 aliphatic carbocycles. The highest BCUT2D eigenvalue weighted by Gasteiger charge is 2.51. The van der Waals surface area contributed by atoms with Crippen LogP contribution in [-0.2, 0) is 20.7 Å². The number of aliphatic hydroxyl groups is 2. The molecule has 3 N–H and O–H groups in total. The molecule has 2 amide bonds. The van der Waals surface area contributed by atoms with Gasteiger partial charge in [-0.05, 0) is 55.3 Å². The van der Waals surface area contributed by atoms with Gasteiger partial charge in [0.15, 0.2) is 11.5 Å². The second-order valence-electron chi connectivity index (χ2n) is 10.1. The first-order valence-electron chi connectivity index (χ1n) is 14.0. The SMILES string of the molecule is CCOCC(=O)N(CCc1cc(OC)ccc1OC)[C@@H]1C=C(C(=O)NCCO)[C@@H]2c3cc(C=O)cc(OC)c3O[C@@H]2[C@H]1O. The zero-order valence-electron chi connectivity index (χ0n) is 24.7. The molecule has 1 heterocycles. The minimum Gasteiger partial charge on any atom is -0.497 e. The molecular formula is C31H38N2O10. The number of benzene rings is 2. The Kier molecular flexibility index (Phi) is 10.6. The van der Waals surface area contributed by atoms with E-state index in [9.17, 15) is 24.6 Å². The van der Waals surface area contributed by atoms with Gasteiger partial charge in [-0.3, -0.25) is 14.4 Å². The maximum absolute atomic E-state index is 13.6. The van der Waals surface area contributed by atoms with Crippen LogP contribution in [0, 0.1) is 0 Å². The van der Waals surface area contributed by atoms with Crippen molar-refractivity contribution in [3.63, 3.8) is 0 Å². The van der Waals surface area contributed by atoms with E-state index in [1.807, 2.05) is 6.07 Å². The molecule has 2 aromatic rings. The summed E-state index contributed by atoms with van der Waals surface area (Å²) < 4.78 is 28.0. The summed E-state index contributed by atoms with van der Waals surface area (Å²) in [5.41, 5.74) is 1.82. The molecule has 4 rings (SSSR count). The number of amides is 2. The number of aliphatic hydroxyl groups excluding tert-OH is 2. The largest absolute Gasteiger partial charge is 0.497 e. The molecule has 2 aromatic carbocycles. The Bertz CT molecular complexity index is 1360. The van der Waals surface area contributed by atoms with Crippen molar-refractivity contribution < 1.29 is 48.3 Å². The number of carbonyl (C=O) groups is 3. The van der Waals surface area contributed by atoms with Crippen LogP contribution in [-0.4, -0.2) is 106 Å². The van der Waals surface area contributed by atoms with Crippen LogP contribution < -0.4 is 24.3 Å². The maximum atomic E-state index is 13.6. The van der Waals surface area contributed by atoms with Crippen molar-refractivity contribution in [1.82, 2.24) is 10.2 Å². The summed E-state index contributed by atoms with van der Waals surface area (Å²) in [4.78, 5) is 40.2. The maximum Gasteiger partial charge on any atom is 0.249 e. The van der Waals surface area contributed by atoms with Crippen molar-refractivity contribution in [3.05, 3.63) is 58.7 Å². The van der Waals surface area contributed by atoms with Crippen molar-refractivity contribution in [3.8, 4) is 23.0 Å². The van der Waals surface area contributed by atoms with Crippen LogP contribution in [0.3, 0.4) is 0 Å². The second-order valence-corrected chi connectivity index (χ2v) is 10.1. The van der Waals surface area contributed by atoms with Gasteiger partial charge in [0.2, 0.25) is 11.8 Å². The lowest BCUT2D eigenvalue weighted by molar-refractivity contribution is -0.141. The normalized spacial score (nSPS) is 20.2.